The molecule has 0 fully saturated rings. The van der Waals surface area contributed by atoms with E-state index in [-0.39, 0.29) is 0 Å². The fourth-order valence-electron chi connectivity index (χ4n) is 0.814. The zero-order valence-electron chi connectivity index (χ0n) is 9.91. The fourth-order valence-corrected chi connectivity index (χ4v) is 7.89. The second-order valence-corrected chi connectivity index (χ2v) is 17.3. The van der Waals surface area contributed by atoms with Crippen molar-refractivity contribution in [3.05, 3.63) is 0 Å². The van der Waals surface area contributed by atoms with E-state index in [9.17, 15) is 0 Å². The molecule has 0 aliphatic rings. The van der Waals surface area contributed by atoms with Gasteiger partial charge >= 0.3 is 9.36 Å². The first kappa shape index (κ1) is 13.5. The molecule has 0 aliphatic heterocycles. The predicted molar refractivity (Wildman–Crippen MR) is 65.7 cm³/mol. The number of nitrogens with one attached hydrogen (secondary N) is 2. The van der Waals surface area contributed by atoms with Gasteiger partial charge in [0.25, 0.3) is 0 Å². The third-order valence-electron chi connectivity index (χ3n) is 1.18. The van der Waals surface area contributed by atoms with E-state index in [0.717, 1.165) is 0 Å². The molecule has 0 unspecified atom stereocenters. The number of hydrogen-bond acceptors (Lipinski definition) is 3. The van der Waals surface area contributed by atoms with Gasteiger partial charge in [0.05, 0.1) is 0 Å². The van der Waals surface area contributed by atoms with Gasteiger partial charge in [-0.2, -0.15) is 0 Å². The molecule has 0 aromatic heterocycles. The second kappa shape index (κ2) is 4.85. The molecule has 6 heteroatoms. The summed E-state index contributed by atoms with van der Waals surface area (Å²) < 4.78 is 12.7. The Bertz CT molecular complexity index is 137. The summed E-state index contributed by atoms with van der Waals surface area (Å²) in [5, 5.41) is 0. The Morgan fingerprint density at radius 2 is 1.15 bits per heavy atom. The molecule has 3 nitrogen and oxygen atoms in total. The van der Waals surface area contributed by atoms with Gasteiger partial charge in [0.15, 0.2) is 0 Å². The maximum absolute atomic E-state index is 5.45. The van der Waals surface area contributed by atoms with E-state index in [1.807, 2.05) is 0 Å². The fraction of sp³-hybridized carbons (Fsp3) is 1.00. The van der Waals surface area contributed by atoms with Crippen LogP contribution in [-0.4, -0.2) is 32.9 Å². The molecule has 0 heterocycles. The zero-order chi connectivity index (χ0) is 10.7. The van der Waals surface area contributed by atoms with Crippen LogP contribution in [0.25, 0.3) is 0 Å². The maximum atomic E-state index is 5.45. The van der Waals surface area contributed by atoms with Gasteiger partial charge in [-0.05, 0) is 0 Å². The summed E-state index contributed by atoms with van der Waals surface area (Å²) in [6.07, 6.45) is 0. The Morgan fingerprint density at radius 3 is 1.31 bits per heavy atom. The van der Waals surface area contributed by atoms with Crippen LogP contribution in [0.4, 0.5) is 0 Å². The first-order valence-electron chi connectivity index (χ1n) is 4.61. The highest BCUT2D eigenvalue weighted by Crippen LogP contribution is 1.99. The average molecular weight is 236 g/mol. The van der Waals surface area contributed by atoms with Gasteiger partial charge in [-0.25, -0.2) is 0 Å². The van der Waals surface area contributed by atoms with E-state index >= 15 is 0 Å². The third kappa shape index (κ3) is 8.85. The summed E-state index contributed by atoms with van der Waals surface area (Å²) in [4.78, 5) is 0. The SMILES string of the molecule is CO[Si](N[Si](C)(C)C)N[Si](C)(C)C. The van der Waals surface area contributed by atoms with Gasteiger partial charge < -0.3 is 13.7 Å². The number of hydrogen-bond donors (Lipinski definition) is 2. The standard InChI is InChI=1S/C7H23N2OSi3/c1-10-11(8-12(2,3)4)9-13(5,6)7/h8-9H,1-7H3. The lowest BCUT2D eigenvalue weighted by Crippen LogP contribution is -2.64. The minimum absolute atomic E-state index is 0.975. The highest BCUT2D eigenvalue weighted by atomic mass is 28.4. The van der Waals surface area contributed by atoms with Crippen LogP contribution in [-0.2, 0) is 4.43 Å². The van der Waals surface area contributed by atoms with Crippen molar-refractivity contribution in [2.75, 3.05) is 7.11 Å². The summed E-state index contributed by atoms with van der Waals surface area (Å²) in [5.74, 6) is 0. The van der Waals surface area contributed by atoms with Crippen molar-refractivity contribution in [1.82, 2.24) is 9.30 Å². The van der Waals surface area contributed by atoms with E-state index in [0.29, 0.717) is 0 Å². The summed E-state index contributed by atoms with van der Waals surface area (Å²) in [6.45, 7) is 13.8. The van der Waals surface area contributed by atoms with Crippen molar-refractivity contribution in [1.29, 1.82) is 0 Å². The first-order valence-corrected chi connectivity index (χ1v) is 13.0. The van der Waals surface area contributed by atoms with Gasteiger partial charge in [0.2, 0.25) is 0 Å². The zero-order valence-corrected chi connectivity index (χ0v) is 12.9. The maximum Gasteiger partial charge on any atom is 0.387 e. The predicted octanol–water partition coefficient (Wildman–Crippen LogP) is 1.47. The Hall–Kier alpha value is 0.531. The van der Waals surface area contributed by atoms with E-state index in [4.69, 9.17) is 4.43 Å². The van der Waals surface area contributed by atoms with Crippen molar-refractivity contribution in [3.8, 4) is 0 Å². The molecule has 1 radical (unpaired) electrons. The molecule has 0 spiro atoms. The molecule has 2 N–H and O–H groups in total. The van der Waals surface area contributed by atoms with Gasteiger partial charge in [0, 0.05) is 7.11 Å². The monoisotopic (exact) mass is 235 g/mol. The third-order valence-corrected chi connectivity index (χ3v) is 9.41. The van der Waals surface area contributed by atoms with E-state index < -0.39 is 25.8 Å². The van der Waals surface area contributed by atoms with E-state index in [1.54, 1.807) is 7.11 Å². The van der Waals surface area contributed by atoms with Crippen LogP contribution in [0.1, 0.15) is 0 Å². The molecule has 13 heavy (non-hydrogen) atoms. The quantitative estimate of drug-likeness (QED) is 0.708. The highest BCUT2D eigenvalue weighted by Gasteiger charge is 2.27. The number of rotatable bonds is 5. The topological polar surface area (TPSA) is 33.3 Å². The second-order valence-electron chi connectivity index (χ2n) is 5.28. The van der Waals surface area contributed by atoms with Crippen molar-refractivity contribution in [2.24, 2.45) is 0 Å². The minimum Gasteiger partial charge on any atom is -0.395 e. The van der Waals surface area contributed by atoms with Crippen molar-refractivity contribution in [2.45, 2.75) is 39.3 Å². The van der Waals surface area contributed by atoms with Crippen LogP contribution in [0.5, 0.6) is 0 Å². The molecule has 0 aromatic carbocycles. The van der Waals surface area contributed by atoms with Crippen LogP contribution in [0.3, 0.4) is 0 Å². The lowest BCUT2D eigenvalue weighted by Gasteiger charge is -2.28. The van der Waals surface area contributed by atoms with E-state index in [1.165, 1.54) is 0 Å². The normalized spacial score (nSPS) is 13.8. The van der Waals surface area contributed by atoms with Gasteiger partial charge in [-0.1, -0.05) is 39.3 Å². The molecule has 0 bridgehead atoms. The smallest absolute Gasteiger partial charge is 0.387 e. The van der Waals surface area contributed by atoms with Crippen molar-refractivity contribution >= 4 is 25.8 Å². The Labute approximate surface area is 86.3 Å². The summed E-state index contributed by atoms with van der Waals surface area (Å²) in [5.41, 5.74) is 0. The summed E-state index contributed by atoms with van der Waals surface area (Å²) >= 11 is 0. The van der Waals surface area contributed by atoms with Crippen molar-refractivity contribution in [3.63, 3.8) is 0 Å². The molecule has 0 saturated carbocycles. The highest BCUT2D eigenvalue weighted by molar-refractivity contribution is 6.87. The molecule has 0 atom stereocenters. The average Bonchev–Trinajstić information content (AvgIpc) is 1.79. The van der Waals surface area contributed by atoms with Crippen LogP contribution in [0, 0.1) is 0 Å². The summed E-state index contributed by atoms with van der Waals surface area (Å²) in [7, 11) is -1.61. The van der Waals surface area contributed by atoms with Crippen LogP contribution in [0.2, 0.25) is 39.3 Å². The van der Waals surface area contributed by atoms with Gasteiger partial charge in [0.1, 0.15) is 16.5 Å². The Kier molecular flexibility index (Phi) is 5.05. The van der Waals surface area contributed by atoms with Gasteiger partial charge in [-0.3, -0.25) is 0 Å². The largest absolute Gasteiger partial charge is 0.395 e. The molecular weight excluding hydrogens is 212 g/mol. The Morgan fingerprint density at radius 1 is 0.846 bits per heavy atom. The van der Waals surface area contributed by atoms with Crippen LogP contribution >= 0.6 is 0 Å². The van der Waals surface area contributed by atoms with Crippen LogP contribution < -0.4 is 9.30 Å². The molecule has 0 saturated heterocycles. The molecule has 0 rings (SSSR count). The Balaban J connectivity index is 4.05. The first-order chi connectivity index (χ1) is 5.64. The van der Waals surface area contributed by atoms with E-state index in [2.05, 4.69) is 48.6 Å². The lowest BCUT2D eigenvalue weighted by molar-refractivity contribution is 0.410. The molecule has 0 aliphatic carbocycles. The minimum atomic E-state index is -1.21. The van der Waals surface area contributed by atoms with Gasteiger partial charge in [-0.15, -0.1) is 0 Å². The summed E-state index contributed by atoms with van der Waals surface area (Å²) in [6, 6.07) is 0. The molecule has 0 amide bonds. The van der Waals surface area contributed by atoms with Crippen LogP contribution in [0.15, 0.2) is 0 Å². The molecular formula is C7H23N2OSi3. The lowest BCUT2D eigenvalue weighted by atomic mass is 11.8. The van der Waals surface area contributed by atoms with Crippen molar-refractivity contribution < 1.29 is 4.43 Å². The molecule has 0 aromatic rings. The molecule has 79 valence electrons.